The minimum Gasteiger partial charge on any atom is -0.454 e. The predicted molar refractivity (Wildman–Crippen MR) is 123 cm³/mol. The average molecular weight is 444 g/mol. The Bertz CT molecular complexity index is 466. The normalized spacial score (nSPS) is 10.5. The number of carbonyl (C=O) groups is 3. The van der Waals surface area contributed by atoms with E-state index in [1.165, 1.54) is 32.1 Å². The highest BCUT2D eigenvalue weighted by Gasteiger charge is 2.15. The lowest BCUT2D eigenvalue weighted by Crippen LogP contribution is -2.41. The van der Waals surface area contributed by atoms with Crippen LogP contribution in [0, 0.1) is 0 Å². The molecule has 2 N–H and O–H groups in total. The molecule has 0 aliphatic heterocycles. The Balaban J connectivity index is 3.77. The van der Waals surface area contributed by atoms with Gasteiger partial charge in [0.05, 0.1) is 6.61 Å². The van der Waals surface area contributed by atoms with Crippen LogP contribution in [0.3, 0.4) is 0 Å². The van der Waals surface area contributed by atoms with Crippen molar-refractivity contribution in [1.29, 1.82) is 0 Å². The largest absolute Gasteiger partial charge is 0.454 e. The van der Waals surface area contributed by atoms with Crippen molar-refractivity contribution in [1.82, 2.24) is 15.5 Å². The first-order valence-corrected chi connectivity index (χ1v) is 12.1. The fourth-order valence-electron chi connectivity index (χ4n) is 2.88. The summed E-state index contributed by atoms with van der Waals surface area (Å²) in [5.41, 5.74) is 0. The van der Waals surface area contributed by atoms with Gasteiger partial charge in [0.2, 0.25) is 0 Å². The predicted octanol–water partition coefficient (Wildman–Crippen LogP) is 3.63. The molecule has 0 aliphatic rings. The van der Waals surface area contributed by atoms with E-state index < -0.39 is 12.0 Å². The zero-order valence-electron chi connectivity index (χ0n) is 20.0. The summed E-state index contributed by atoms with van der Waals surface area (Å²) in [5.74, 6) is -0.823. The van der Waals surface area contributed by atoms with Crippen LogP contribution in [-0.2, 0) is 19.1 Å². The van der Waals surface area contributed by atoms with Crippen molar-refractivity contribution < 1.29 is 23.9 Å². The molecule has 0 fully saturated rings. The van der Waals surface area contributed by atoms with E-state index in [0.29, 0.717) is 32.8 Å². The van der Waals surface area contributed by atoms with E-state index in [4.69, 9.17) is 9.47 Å². The molecule has 0 rings (SSSR count). The Labute approximate surface area is 188 Å². The third kappa shape index (κ3) is 18.6. The van der Waals surface area contributed by atoms with Crippen LogP contribution in [0.2, 0.25) is 0 Å². The second-order valence-electron chi connectivity index (χ2n) is 7.74. The summed E-state index contributed by atoms with van der Waals surface area (Å²) in [4.78, 5) is 37.5. The molecule has 3 amide bonds. The number of hydrogen-bond acceptors (Lipinski definition) is 5. The van der Waals surface area contributed by atoms with Gasteiger partial charge >= 0.3 is 12.0 Å². The van der Waals surface area contributed by atoms with Crippen molar-refractivity contribution in [2.45, 2.75) is 85.0 Å². The third-order valence-electron chi connectivity index (χ3n) is 4.84. The van der Waals surface area contributed by atoms with Gasteiger partial charge in [-0.3, -0.25) is 9.59 Å². The van der Waals surface area contributed by atoms with E-state index in [1.54, 1.807) is 4.90 Å². The fraction of sp³-hybridized carbons (Fsp3) is 0.870. The number of amides is 3. The smallest absolute Gasteiger partial charge is 0.325 e. The molecule has 0 aliphatic carbocycles. The maximum Gasteiger partial charge on any atom is 0.325 e. The van der Waals surface area contributed by atoms with Crippen LogP contribution in [0.1, 0.15) is 85.0 Å². The first-order valence-electron chi connectivity index (χ1n) is 12.1. The molecule has 0 radical (unpaired) electrons. The zero-order chi connectivity index (χ0) is 23.2. The number of unbranched alkanes of at least 4 members (excludes halogenated alkanes) is 7. The molecule has 0 spiro atoms. The molecule has 0 aromatic heterocycles. The van der Waals surface area contributed by atoms with Gasteiger partial charge in [0.25, 0.3) is 5.91 Å². The molecule has 0 atom stereocenters. The molecule has 0 aromatic carbocycles. The monoisotopic (exact) mass is 443 g/mol. The summed E-state index contributed by atoms with van der Waals surface area (Å²) >= 11 is 0. The summed E-state index contributed by atoms with van der Waals surface area (Å²) in [6, 6.07) is -0.459. The Morgan fingerprint density at radius 2 is 1.35 bits per heavy atom. The molecule has 0 heterocycles. The maximum atomic E-state index is 12.2. The van der Waals surface area contributed by atoms with Crippen LogP contribution in [0.15, 0.2) is 0 Å². The van der Waals surface area contributed by atoms with Gasteiger partial charge in [0, 0.05) is 26.2 Å². The Hall–Kier alpha value is -1.83. The van der Waals surface area contributed by atoms with Gasteiger partial charge < -0.3 is 25.0 Å². The summed E-state index contributed by atoms with van der Waals surface area (Å²) in [5, 5.41) is 5.06. The Morgan fingerprint density at radius 1 is 0.742 bits per heavy atom. The lowest BCUT2D eigenvalue weighted by Gasteiger charge is -2.22. The van der Waals surface area contributed by atoms with E-state index in [-0.39, 0.29) is 19.1 Å². The maximum absolute atomic E-state index is 12.2. The lowest BCUT2D eigenvalue weighted by molar-refractivity contribution is -0.151. The molecular formula is C23H45N3O5. The Morgan fingerprint density at radius 3 is 2.00 bits per heavy atom. The molecule has 0 aromatic rings. The van der Waals surface area contributed by atoms with Gasteiger partial charge in [-0.05, 0) is 19.3 Å². The van der Waals surface area contributed by atoms with Gasteiger partial charge in [0.1, 0.15) is 6.54 Å². The summed E-state index contributed by atoms with van der Waals surface area (Å²) in [6.45, 7) is 8.64. The zero-order valence-corrected chi connectivity index (χ0v) is 20.0. The standard InChI is InChI=1S/C23H45N3O5/c1-4-7-10-11-12-13-17-30-18-14-24-23(29)25-19-22(28)31-20-21(27)26(15-8-5-2)16-9-6-3/h4-20H2,1-3H3,(H2,24,25,29). The van der Waals surface area contributed by atoms with Gasteiger partial charge in [0.15, 0.2) is 6.61 Å². The van der Waals surface area contributed by atoms with E-state index >= 15 is 0 Å². The highest BCUT2D eigenvalue weighted by Crippen LogP contribution is 2.04. The molecule has 31 heavy (non-hydrogen) atoms. The van der Waals surface area contributed by atoms with Crippen LogP contribution in [0.4, 0.5) is 4.79 Å². The number of ether oxygens (including phenoxy) is 2. The molecule has 0 saturated heterocycles. The number of rotatable bonds is 20. The molecule has 0 unspecified atom stereocenters. The highest BCUT2D eigenvalue weighted by molar-refractivity contribution is 5.83. The SMILES string of the molecule is CCCCCCCCOCCNC(=O)NCC(=O)OCC(=O)N(CCCC)CCCC. The summed E-state index contributed by atoms with van der Waals surface area (Å²) < 4.78 is 10.5. The van der Waals surface area contributed by atoms with Gasteiger partial charge in [-0.25, -0.2) is 4.79 Å². The second kappa shape index (κ2) is 21.4. The van der Waals surface area contributed by atoms with E-state index in [1.807, 2.05) is 0 Å². The van der Waals surface area contributed by atoms with Crippen LogP contribution in [0.25, 0.3) is 0 Å². The summed E-state index contributed by atoms with van der Waals surface area (Å²) in [6.07, 6.45) is 11.1. The lowest BCUT2D eigenvalue weighted by atomic mass is 10.1. The summed E-state index contributed by atoms with van der Waals surface area (Å²) in [7, 11) is 0. The minimum absolute atomic E-state index is 0.192. The van der Waals surface area contributed by atoms with Crippen molar-refractivity contribution in [3.05, 3.63) is 0 Å². The number of urea groups is 1. The van der Waals surface area contributed by atoms with Gasteiger partial charge in [-0.1, -0.05) is 65.7 Å². The molecule has 0 saturated carbocycles. The van der Waals surface area contributed by atoms with Gasteiger partial charge in [-0.2, -0.15) is 0 Å². The van der Waals surface area contributed by atoms with Crippen molar-refractivity contribution in [3.8, 4) is 0 Å². The van der Waals surface area contributed by atoms with Gasteiger partial charge in [-0.15, -0.1) is 0 Å². The molecule has 182 valence electrons. The minimum atomic E-state index is -0.631. The molecule has 8 heteroatoms. The molecular weight excluding hydrogens is 398 g/mol. The molecule has 0 bridgehead atoms. The quantitative estimate of drug-likeness (QED) is 0.221. The van der Waals surface area contributed by atoms with E-state index in [0.717, 1.165) is 32.1 Å². The van der Waals surface area contributed by atoms with E-state index in [2.05, 4.69) is 31.4 Å². The van der Waals surface area contributed by atoms with Crippen LogP contribution in [-0.4, -0.2) is 68.8 Å². The van der Waals surface area contributed by atoms with Crippen molar-refractivity contribution in [3.63, 3.8) is 0 Å². The first kappa shape index (κ1) is 29.2. The molecule has 8 nitrogen and oxygen atoms in total. The van der Waals surface area contributed by atoms with Crippen LogP contribution in [0.5, 0.6) is 0 Å². The second-order valence-corrected chi connectivity index (χ2v) is 7.74. The number of esters is 1. The van der Waals surface area contributed by atoms with Crippen molar-refractivity contribution >= 4 is 17.9 Å². The topological polar surface area (TPSA) is 97.0 Å². The van der Waals surface area contributed by atoms with Crippen LogP contribution >= 0.6 is 0 Å². The number of nitrogens with zero attached hydrogens (tertiary/aromatic N) is 1. The van der Waals surface area contributed by atoms with Crippen LogP contribution < -0.4 is 10.6 Å². The third-order valence-corrected chi connectivity index (χ3v) is 4.84. The average Bonchev–Trinajstić information content (AvgIpc) is 2.77. The number of nitrogens with one attached hydrogen (secondary N) is 2. The Kier molecular flexibility index (Phi) is 20.1. The van der Waals surface area contributed by atoms with E-state index in [9.17, 15) is 14.4 Å². The number of carbonyl (C=O) groups excluding carboxylic acids is 3. The van der Waals surface area contributed by atoms with Crippen molar-refractivity contribution in [2.75, 3.05) is 46.0 Å². The highest BCUT2D eigenvalue weighted by atomic mass is 16.5. The first-order chi connectivity index (χ1) is 15.0. The fourth-order valence-corrected chi connectivity index (χ4v) is 2.88. The number of hydrogen-bond donors (Lipinski definition) is 2. The van der Waals surface area contributed by atoms with Crippen molar-refractivity contribution in [2.24, 2.45) is 0 Å².